The number of nitrogens with two attached hydrogens (primary N) is 1. The van der Waals surface area contributed by atoms with Crippen molar-refractivity contribution in [1.29, 1.82) is 0 Å². The molecule has 0 spiro atoms. The average Bonchev–Trinajstić information content (AvgIpc) is 1.69. The van der Waals surface area contributed by atoms with Crippen molar-refractivity contribution < 1.29 is 0 Å². The first-order chi connectivity index (χ1) is 3.41. The maximum atomic E-state index is 4.72. The molecule has 0 bridgehead atoms. The molecule has 0 aliphatic rings. The smallest absolute Gasteiger partial charge is 0.134 e. The van der Waals surface area contributed by atoms with Gasteiger partial charge in [0.15, 0.2) is 0 Å². The number of hydrogen-bond acceptors (Lipinski definition) is 2. The molecule has 0 saturated carbocycles. The van der Waals surface area contributed by atoms with Crippen molar-refractivity contribution in [1.82, 2.24) is 0 Å². The standard InChI is InChI=1S/C4H9N3/c1-2-3-6-4-7-5/h3-4H,2,5H2,1H3/b6-3-,7-4-. The Labute approximate surface area is 42.9 Å². The summed E-state index contributed by atoms with van der Waals surface area (Å²) in [4.78, 5) is 3.67. The molecule has 0 amide bonds. The first-order valence-corrected chi connectivity index (χ1v) is 2.15. The minimum atomic E-state index is 0.923. The zero-order valence-corrected chi connectivity index (χ0v) is 4.33. The second-order valence-corrected chi connectivity index (χ2v) is 1.00. The molecule has 3 nitrogen and oxygen atoms in total. The van der Waals surface area contributed by atoms with Crippen LogP contribution in [0.3, 0.4) is 0 Å². The van der Waals surface area contributed by atoms with Crippen LogP contribution < -0.4 is 5.84 Å². The Morgan fingerprint density at radius 1 is 1.71 bits per heavy atom. The first-order valence-electron chi connectivity index (χ1n) is 2.15. The molecule has 0 atom stereocenters. The lowest BCUT2D eigenvalue weighted by Gasteiger charge is -1.70. The van der Waals surface area contributed by atoms with Crippen molar-refractivity contribution in [2.45, 2.75) is 13.3 Å². The summed E-state index contributed by atoms with van der Waals surface area (Å²) in [5, 5.41) is 3.15. The normalized spacial score (nSPS) is 11.6. The maximum Gasteiger partial charge on any atom is 0.134 e. The van der Waals surface area contributed by atoms with Crippen molar-refractivity contribution in [3.8, 4) is 0 Å². The monoisotopic (exact) mass is 99.1 g/mol. The molecule has 0 aromatic heterocycles. The molecule has 0 aliphatic heterocycles. The van der Waals surface area contributed by atoms with Gasteiger partial charge in [-0.25, -0.2) is 4.99 Å². The van der Waals surface area contributed by atoms with Gasteiger partial charge in [-0.05, 0) is 6.42 Å². The number of nitrogens with zero attached hydrogens (tertiary/aromatic N) is 2. The topological polar surface area (TPSA) is 50.7 Å². The first kappa shape index (κ1) is 6.14. The molecular weight excluding hydrogens is 90.1 g/mol. The fourth-order valence-corrected chi connectivity index (χ4v) is 0.191. The van der Waals surface area contributed by atoms with Crippen LogP contribution in [0.4, 0.5) is 0 Å². The van der Waals surface area contributed by atoms with Gasteiger partial charge in [-0.2, -0.15) is 5.10 Å². The highest BCUT2D eigenvalue weighted by Gasteiger charge is 1.59. The molecular formula is C4H9N3. The van der Waals surface area contributed by atoms with Gasteiger partial charge in [-0.3, -0.25) is 0 Å². The van der Waals surface area contributed by atoms with Gasteiger partial charge >= 0.3 is 0 Å². The fraction of sp³-hybridized carbons (Fsp3) is 0.500. The molecule has 0 aromatic rings. The van der Waals surface area contributed by atoms with E-state index in [0.29, 0.717) is 0 Å². The predicted molar refractivity (Wildman–Crippen MR) is 31.5 cm³/mol. The van der Waals surface area contributed by atoms with Gasteiger partial charge in [-0.1, -0.05) is 6.92 Å². The molecule has 0 heterocycles. The second kappa shape index (κ2) is 5.14. The fourth-order valence-electron chi connectivity index (χ4n) is 0.191. The van der Waals surface area contributed by atoms with Gasteiger partial charge in [0.05, 0.1) is 0 Å². The summed E-state index contributed by atoms with van der Waals surface area (Å²) < 4.78 is 0. The molecule has 0 rings (SSSR count). The Kier molecular flexibility index (Phi) is 4.51. The molecule has 3 heteroatoms. The highest BCUT2D eigenvalue weighted by Crippen LogP contribution is 1.63. The third-order valence-corrected chi connectivity index (χ3v) is 0.421. The van der Waals surface area contributed by atoms with E-state index in [-0.39, 0.29) is 0 Å². The van der Waals surface area contributed by atoms with Gasteiger partial charge in [0, 0.05) is 6.21 Å². The van der Waals surface area contributed by atoms with Crippen LogP contribution in [-0.4, -0.2) is 12.6 Å². The van der Waals surface area contributed by atoms with Gasteiger partial charge < -0.3 is 5.84 Å². The summed E-state index contributed by atoms with van der Waals surface area (Å²) in [5.74, 6) is 4.72. The van der Waals surface area contributed by atoms with Crippen molar-refractivity contribution in [3.63, 3.8) is 0 Å². The van der Waals surface area contributed by atoms with Crippen LogP contribution in [0.25, 0.3) is 0 Å². The van der Waals surface area contributed by atoms with Crippen molar-refractivity contribution >= 4 is 12.6 Å². The minimum absolute atomic E-state index is 0.923. The number of hydrogen-bond donors (Lipinski definition) is 1. The molecule has 7 heavy (non-hydrogen) atoms. The van der Waals surface area contributed by atoms with Gasteiger partial charge in [0.2, 0.25) is 0 Å². The highest BCUT2D eigenvalue weighted by atomic mass is 15.1. The lowest BCUT2D eigenvalue weighted by Crippen LogP contribution is -1.78. The van der Waals surface area contributed by atoms with E-state index in [9.17, 15) is 0 Å². The minimum Gasteiger partial charge on any atom is -0.322 e. The van der Waals surface area contributed by atoms with Crippen LogP contribution >= 0.6 is 0 Å². The molecule has 0 unspecified atom stereocenters. The van der Waals surface area contributed by atoms with Crippen molar-refractivity contribution in [3.05, 3.63) is 0 Å². The zero-order chi connectivity index (χ0) is 5.54. The van der Waals surface area contributed by atoms with E-state index in [1.54, 1.807) is 6.21 Å². The van der Waals surface area contributed by atoms with Gasteiger partial charge in [0.1, 0.15) is 6.34 Å². The molecule has 0 radical (unpaired) electrons. The van der Waals surface area contributed by atoms with E-state index in [4.69, 9.17) is 5.84 Å². The summed E-state index contributed by atoms with van der Waals surface area (Å²) in [6, 6.07) is 0. The summed E-state index contributed by atoms with van der Waals surface area (Å²) >= 11 is 0. The van der Waals surface area contributed by atoms with Crippen LogP contribution in [0.15, 0.2) is 10.1 Å². The molecule has 0 aromatic carbocycles. The molecule has 2 N–H and O–H groups in total. The number of rotatable bonds is 2. The highest BCUT2D eigenvalue weighted by molar-refractivity contribution is 5.71. The average molecular weight is 99.1 g/mol. The third-order valence-electron chi connectivity index (χ3n) is 0.421. The number of aliphatic imine (C=N–C) groups is 1. The van der Waals surface area contributed by atoms with Crippen molar-refractivity contribution in [2.75, 3.05) is 0 Å². The summed E-state index contributed by atoms with van der Waals surface area (Å²) in [5.41, 5.74) is 0. The van der Waals surface area contributed by atoms with E-state index in [1.807, 2.05) is 6.92 Å². The lowest BCUT2D eigenvalue weighted by atomic mass is 10.5. The number of hydrazone groups is 1. The molecule has 0 aliphatic carbocycles. The Balaban J connectivity index is 3.09. The van der Waals surface area contributed by atoms with E-state index in [0.717, 1.165) is 6.42 Å². The Morgan fingerprint density at radius 2 is 2.43 bits per heavy atom. The van der Waals surface area contributed by atoms with Crippen LogP contribution in [0.5, 0.6) is 0 Å². The van der Waals surface area contributed by atoms with E-state index < -0.39 is 0 Å². The summed E-state index contributed by atoms with van der Waals surface area (Å²) in [6.45, 7) is 1.99. The SMILES string of the molecule is CC/C=N\C=N/N. The summed E-state index contributed by atoms with van der Waals surface area (Å²) in [7, 11) is 0. The van der Waals surface area contributed by atoms with E-state index in [2.05, 4.69) is 10.1 Å². The Bertz CT molecular complexity index is 75.0. The van der Waals surface area contributed by atoms with Gasteiger partial charge in [-0.15, -0.1) is 0 Å². The molecule has 40 valence electrons. The molecule has 0 saturated heterocycles. The maximum absolute atomic E-state index is 4.72. The van der Waals surface area contributed by atoms with E-state index in [1.165, 1.54) is 6.34 Å². The van der Waals surface area contributed by atoms with Crippen LogP contribution in [0, 0.1) is 0 Å². The Hall–Kier alpha value is -0.860. The largest absolute Gasteiger partial charge is 0.322 e. The quantitative estimate of drug-likeness (QED) is 0.231. The lowest BCUT2D eigenvalue weighted by molar-refractivity contribution is 1.25. The summed E-state index contributed by atoms with van der Waals surface area (Å²) in [6.07, 6.45) is 3.96. The van der Waals surface area contributed by atoms with Crippen LogP contribution in [0.2, 0.25) is 0 Å². The Morgan fingerprint density at radius 3 is 2.86 bits per heavy atom. The van der Waals surface area contributed by atoms with Crippen molar-refractivity contribution in [2.24, 2.45) is 15.9 Å². The zero-order valence-electron chi connectivity index (χ0n) is 4.33. The van der Waals surface area contributed by atoms with Crippen LogP contribution in [0.1, 0.15) is 13.3 Å². The third kappa shape index (κ3) is 5.14. The predicted octanol–water partition coefficient (Wildman–Crippen LogP) is 0.369. The van der Waals surface area contributed by atoms with Gasteiger partial charge in [0.25, 0.3) is 0 Å². The van der Waals surface area contributed by atoms with E-state index >= 15 is 0 Å². The van der Waals surface area contributed by atoms with Crippen LogP contribution in [-0.2, 0) is 0 Å². The molecule has 0 fully saturated rings. The second-order valence-electron chi connectivity index (χ2n) is 1.00.